The fourth-order valence-electron chi connectivity index (χ4n) is 2.40. The van der Waals surface area contributed by atoms with Crippen molar-refractivity contribution in [2.45, 2.75) is 19.8 Å². The molecule has 0 atom stereocenters. The van der Waals surface area contributed by atoms with Crippen molar-refractivity contribution in [3.05, 3.63) is 63.2 Å². The lowest BCUT2D eigenvalue weighted by Crippen LogP contribution is -2.33. The molecule has 1 heterocycles. The Morgan fingerprint density at radius 1 is 1.24 bits per heavy atom. The van der Waals surface area contributed by atoms with Crippen LogP contribution in [0.25, 0.3) is 0 Å². The summed E-state index contributed by atoms with van der Waals surface area (Å²) in [5.41, 5.74) is 6.48. The van der Waals surface area contributed by atoms with E-state index in [9.17, 15) is 9.59 Å². The molecular formula is C18H23ClN2O4. The predicted octanol–water partition coefficient (Wildman–Crippen LogP) is 1.85. The highest BCUT2D eigenvalue weighted by Gasteiger charge is 2.16. The molecule has 0 saturated heterocycles. The van der Waals surface area contributed by atoms with Crippen LogP contribution < -0.4 is 21.4 Å². The van der Waals surface area contributed by atoms with Crippen molar-refractivity contribution in [1.29, 1.82) is 0 Å². The summed E-state index contributed by atoms with van der Waals surface area (Å²) in [5.74, 6) is 0.908. The van der Waals surface area contributed by atoms with E-state index in [1.807, 2.05) is 24.3 Å². The Kier molecular flexibility index (Phi) is 8.18. The SMILES string of the molecule is COc1ccc(CCc2cc(C)c(C(=O)NCCN)c(=O)o2)cc1.Cl. The molecule has 6 nitrogen and oxygen atoms in total. The minimum Gasteiger partial charge on any atom is -0.497 e. The van der Waals surface area contributed by atoms with E-state index >= 15 is 0 Å². The van der Waals surface area contributed by atoms with E-state index in [1.165, 1.54) is 0 Å². The van der Waals surface area contributed by atoms with Gasteiger partial charge >= 0.3 is 5.63 Å². The zero-order valence-corrected chi connectivity index (χ0v) is 15.2. The molecule has 0 unspecified atom stereocenters. The van der Waals surface area contributed by atoms with Crippen LogP contribution in [-0.4, -0.2) is 26.1 Å². The van der Waals surface area contributed by atoms with Crippen LogP contribution in [0, 0.1) is 6.92 Å². The van der Waals surface area contributed by atoms with E-state index in [-0.39, 0.29) is 18.0 Å². The highest BCUT2D eigenvalue weighted by molar-refractivity contribution is 5.95. The van der Waals surface area contributed by atoms with Gasteiger partial charge in [0.15, 0.2) is 0 Å². The predicted molar refractivity (Wildman–Crippen MR) is 98.8 cm³/mol. The normalized spacial score (nSPS) is 10.0. The van der Waals surface area contributed by atoms with Gasteiger partial charge in [-0.15, -0.1) is 12.4 Å². The number of hydrogen-bond acceptors (Lipinski definition) is 5. The van der Waals surface area contributed by atoms with Crippen LogP contribution in [0.1, 0.15) is 27.2 Å². The summed E-state index contributed by atoms with van der Waals surface area (Å²) in [5, 5.41) is 2.58. The lowest BCUT2D eigenvalue weighted by atomic mass is 10.1. The smallest absolute Gasteiger partial charge is 0.349 e. The number of hydrogen-bond donors (Lipinski definition) is 2. The second kappa shape index (κ2) is 9.86. The molecule has 0 fully saturated rings. The quantitative estimate of drug-likeness (QED) is 0.779. The van der Waals surface area contributed by atoms with Crippen molar-refractivity contribution in [1.82, 2.24) is 5.32 Å². The second-order valence-corrected chi connectivity index (χ2v) is 5.45. The summed E-state index contributed by atoms with van der Waals surface area (Å²) in [4.78, 5) is 24.0. The number of methoxy groups -OCH3 is 1. The zero-order valence-electron chi connectivity index (χ0n) is 14.3. The molecule has 0 aliphatic heterocycles. The Bertz CT molecular complexity index is 757. The first-order valence-electron chi connectivity index (χ1n) is 7.80. The standard InChI is InChI=1S/C18H22N2O4.ClH/c1-12-11-15(8-5-13-3-6-14(23-2)7-4-13)24-18(22)16(12)17(21)20-10-9-19;/h3-4,6-7,11H,5,8-10,19H2,1-2H3,(H,20,21);1H. The van der Waals surface area contributed by atoms with Gasteiger partial charge in [0.05, 0.1) is 7.11 Å². The maximum absolute atomic E-state index is 12.1. The monoisotopic (exact) mass is 366 g/mol. The van der Waals surface area contributed by atoms with Gasteiger partial charge in [-0.1, -0.05) is 12.1 Å². The average Bonchev–Trinajstić information content (AvgIpc) is 2.58. The first-order chi connectivity index (χ1) is 11.5. The Hall–Kier alpha value is -2.31. The van der Waals surface area contributed by atoms with Gasteiger partial charge in [-0.25, -0.2) is 4.79 Å². The Morgan fingerprint density at radius 2 is 1.92 bits per heavy atom. The van der Waals surface area contributed by atoms with Crippen molar-refractivity contribution in [3.8, 4) is 5.75 Å². The van der Waals surface area contributed by atoms with E-state index in [0.29, 0.717) is 30.8 Å². The van der Waals surface area contributed by atoms with Gasteiger partial charge < -0.3 is 20.2 Å². The van der Waals surface area contributed by atoms with Crippen LogP contribution in [0.4, 0.5) is 0 Å². The minimum atomic E-state index is -0.616. The maximum Gasteiger partial charge on any atom is 0.349 e. The number of nitrogens with one attached hydrogen (secondary N) is 1. The number of nitrogens with two attached hydrogens (primary N) is 1. The number of rotatable bonds is 7. The fraction of sp³-hybridized carbons (Fsp3) is 0.333. The first-order valence-corrected chi connectivity index (χ1v) is 7.80. The molecule has 0 bridgehead atoms. The number of ether oxygens (including phenoxy) is 1. The summed E-state index contributed by atoms with van der Waals surface area (Å²) in [6, 6.07) is 9.46. The van der Waals surface area contributed by atoms with Crippen molar-refractivity contribution < 1.29 is 13.9 Å². The molecule has 0 aliphatic rings. The molecule has 1 aromatic heterocycles. The molecule has 25 heavy (non-hydrogen) atoms. The van der Waals surface area contributed by atoms with Gasteiger partial charge in [0.2, 0.25) is 0 Å². The third-order valence-corrected chi connectivity index (χ3v) is 3.68. The number of carbonyl (C=O) groups is 1. The van der Waals surface area contributed by atoms with E-state index in [2.05, 4.69) is 5.32 Å². The van der Waals surface area contributed by atoms with Gasteiger partial charge in [-0.3, -0.25) is 4.79 Å². The molecule has 0 spiro atoms. The first kappa shape index (κ1) is 20.7. The van der Waals surface area contributed by atoms with Gasteiger partial charge in [-0.2, -0.15) is 0 Å². The molecule has 0 aliphatic carbocycles. The number of carbonyl (C=O) groups excluding carboxylic acids is 1. The van der Waals surface area contributed by atoms with Gasteiger partial charge in [0, 0.05) is 19.5 Å². The summed E-state index contributed by atoms with van der Waals surface area (Å²) in [6.07, 6.45) is 1.30. The van der Waals surface area contributed by atoms with Crippen molar-refractivity contribution in [2.24, 2.45) is 5.73 Å². The molecule has 2 aromatic rings. The van der Waals surface area contributed by atoms with Crippen LogP contribution in [0.3, 0.4) is 0 Å². The van der Waals surface area contributed by atoms with Gasteiger partial charge in [-0.05, 0) is 42.7 Å². The fourth-order valence-corrected chi connectivity index (χ4v) is 2.40. The third-order valence-electron chi connectivity index (χ3n) is 3.68. The largest absolute Gasteiger partial charge is 0.497 e. The van der Waals surface area contributed by atoms with Gasteiger partial charge in [0.1, 0.15) is 17.1 Å². The van der Waals surface area contributed by atoms with Crippen molar-refractivity contribution >= 4 is 18.3 Å². The van der Waals surface area contributed by atoms with Crippen LogP contribution in [-0.2, 0) is 12.8 Å². The summed E-state index contributed by atoms with van der Waals surface area (Å²) in [7, 11) is 1.62. The van der Waals surface area contributed by atoms with Crippen LogP contribution in [0.15, 0.2) is 39.5 Å². The number of aryl methyl sites for hydroxylation is 3. The maximum atomic E-state index is 12.1. The summed E-state index contributed by atoms with van der Waals surface area (Å²) >= 11 is 0. The zero-order chi connectivity index (χ0) is 17.5. The van der Waals surface area contributed by atoms with Crippen LogP contribution in [0.2, 0.25) is 0 Å². The average molecular weight is 367 g/mol. The molecule has 3 N–H and O–H groups in total. The Labute approximate surface area is 152 Å². The Balaban J connectivity index is 0.00000312. The molecular weight excluding hydrogens is 344 g/mol. The molecule has 1 aromatic carbocycles. The Morgan fingerprint density at radius 3 is 2.48 bits per heavy atom. The summed E-state index contributed by atoms with van der Waals surface area (Å²) in [6.45, 7) is 2.36. The minimum absolute atomic E-state index is 0. The number of halogens is 1. The van der Waals surface area contributed by atoms with Crippen LogP contribution >= 0.6 is 12.4 Å². The van der Waals surface area contributed by atoms with Crippen molar-refractivity contribution in [3.63, 3.8) is 0 Å². The molecule has 1 amide bonds. The van der Waals surface area contributed by atoms with E-state index in [0.717, 1.165) is 17.7 Å². The van der Waals surface area contributed by atoms with E-state index in [1.54, 1.807) is 20.1 Å². The second-order valence-electron chi connectivity index (χ2n) is 5.45. The van der Waals surface area contributed by atoms with Crippen molar-refractivity contribution in [2.75, 3.05) is 20.2 Å². The van der Waals surface area contributed by atoms with E-state index in [4.69, 9.17) is 14.9 Å². The molecule has 0 saturated carbocycles. The molecule has 2 rings (SSSR count). The third kappa shape index (κ3) is 5.62. The van der Waals surface area contributed by atoms with E-state index < -0.39 is 11.5 Å². The highest BCUT2D eigenvalue weighted by Crippen LogP contribution is 2.14. The summed E-state index contributed by atoms with van der Waals surface area (Å²) < 4.78 is 10.4. The molecule has 7 heteroatoms. The number of amides is 1. The number of benzene rings is 1. The topological polar surface area (TPSA) is 94.6 Å². The molecule has 0 radical (unpaired) electrons. The molecule has 136 valence electrons. The lowest BCUT2D eigenvalue weighted by Gasteiger charge is -2.08. The van der Waals surface area contributed by atoms with Gasteiger partial charge in [0.25, 0.3) is 5.91 Å². The lowest BCUT2D eigenvalue weighted by molar-refractivity contribution is 0.0949. The highest BCUT2D eigenvalue weighted by atomic mass is 35.5. The van der Waals surface area contributed by atoms with Crippen LogP contribution in [0.5, 0.6) is 5.75 Å².